The van der Waals surface area contributed by atoms with Gasteiger partial charge in [0.15, 0.2) is 5.43 Å². The van der Waals surface area contributed by atoms with Gasteiger partial charge in [0.05, 0.1) is 18.2 Å². The highest BCUT2D eigenvalue weighted by molar-refractivity contribution is 7.46. The summed E-state index contributed by atoms with van der Waals surface area (Å²) in [4.78, 5) is 34.2. The van der Waals surface area contributed by atoms with E-state index in [4.69, 9.17) is 25.3 Å². The Morgan fingerprint density at radius 1 is 1.21 bits per heavy atom. The number of benzene rings is 2. The van der Waals surface area contributed by atoms with Crippen LogP contribution in [0.4, 0.5) is 0 Å². The fraction of sp³-hybridized carbons (Fsp3) is 0.318. The van der Waals surface area contributed by atoms with Gasteiger partial charge in [0, 0.05) is 35.7 Å². The summed E-state index contributed by atoms with van der Waals surface area (Å²) < 4.78 is 28.2. The normalized spacial score (nSPS) is 19.6. The number of phosphoric acid groups is 1. The Morgan fingerprint density at radius 3 is 2.58 bits per heavy atom. The third kappa shape index (κ3) is 4.80. The van der Waals surface area contributed by atoms with Gasteiger partial charge in [-0.15, -0.1) is 0 Å². The number of phosphoric ester groups is 1. The highest BCUT2D eigenvalue weighted by Gasteiger charge is 2.35. The molecule has 2 atom stereocenters. The second-order valence-electron chi connectivity index (χ2n) is 7.96. The third-order valence-electron chi connectivity index (χ3n) is 5.70. The number of aliphatic hydroxyl groups excluding tert-OH is 1. The number of hydrogen-bond donors (Lipinski definition) is 3. The van der Waals surface area contributed by atoms with Gasteiger partial charge < -0.3 is 23.7 Å². The fourth-order valence-electron chi connectivity index (χ4n) is 4.23. The van der Waals surface area contributed by atoms with Crippen molar-refractivity contribution in [3.63, 3.8) is 0 Å². The van der Waals surface area contributed by atoms with Crippen LogP contribution in [0, 0.1) is 0 Å². The molecule has 1 aliphatic heterocycles. The maximum atomic E-state index is 13.2. The maximum Gasteiger partial charge on any atom is 0.524 e. The molecule has 1 aliphatic rings. The van der Waals surface area contributed by atoms with Gasteiger partial charge in [-0.1, -0.05) is 23.7 Å². The minimum atomic E-state index is -4.98. The standard InChI is InChI=1S/C22H23ClNO8P/c1-24-8-7-13(16(26)11-24)20-19(32-33(27,28)29)10-18(30-2)21-15(25)9-17(31-22(20)21)12-5-3-4-6-14(12)23/h3-6,9-10,13,16,26H,7-8,11H2,1-2H3,(H2,27,28,29)/t13-,16+/m0/s1. The first-order valence-electron chi connectivity index (χ1n) is 10.1. The topological polar surface area (TPSA) is 130 Å². The molecule has 33 heavy (non-hydrogen) atoms. The van der Waals surface area contributed by atoms with Crippen molar-refractivity contribution in [3.05, 3.63) is 57.2 Å². The molecule has 11 heteroatoms. The van der Waals surface area contributed by atoms with Crippen LogP contribution in [0.5, 0.6) is 11.5 Å². The number of methoxy groups -OCH3 is 1. The van der Waals surface area contributed by atoms with Crippen LogP contribution < -0.4 is 14.7 Å². The van der Waals surface area contributed by atoms with E-state index in [2.05, 4.69) is 0 Å². The van der Waals surface area contributed by atoms with E-state index < -0.39 is 25.3 Å². The summed E-state index contributed by atoms with van der Waals surface area (Å²) in [5.41, 5.74) is 0.247. The van der Waals surface area contributed by atoms with E-state index in [0.29, 0.717) is 30.1 Å². The number of likely N-dealkylation sites (N-methyl/N-ethyl adjacent to an activating group) is 1. The molecule has 0 bridgehead atoms. The molecule has 2 heterocycles. The molecule has 1 saturated heterocycles. The number of halogens is 1. The quantitative estimate of drug-likeness (QED) is 0.456. The van der Waals surface area contributed by atoms with E-state index in [0.717, 1.165) is 0 Å². The molecule has 176 valence electrons. The van der Waals surface area contributed by atoms with Crippen LogP contribution in [0.25, 0.3) is 22.3 Å². The number of aliphatic hydroxyl groups is 1. The Balaban J connectivity index is 2.07. The zero-order valence-electron chi connectivity index (χ0n) is 17.9. The SMILES string of the molecule is COc1cc(OP(=O)(O)O)c([C@H]2CCN(C)C[C@H]2O)c2oc(-c3ccccc3Cl)cc(=O)c12. The van der Waals surface area contributed by atoms with Crippen LogP contribution in [-0.2, 0) is 4.57 Å². The van der Waals surface area contributed by atoms with Crippen molar-refractivity contribution in [1.82, 2.24) is 4.90 Å². The maximum absolute atomic E-state index is 13.2. The fourth-order valence-corrected chi connectivity index (χ4v) is 4.87. The van der Waals surface area contributed by atoms with E-state index >= 15 is 0 Å². The van der Waals surface area contributed by atoms with Crippen LogP contribution in [0.2, 0.25) is 5.02 Å². The Bertz CT molecular complexity index is 1300. The Hall–Kier alpha value is -2.39. The lowest BCUT2D eigenvalue weighted by Gasteiger charge is -2.34. The van der Waals surface area contributed by atoms with Gasteiger partial charge in [0.25, 0.3) is 0 Å². The van der Waals surface area contributed by atoms with Crippen LogP contribution >= 0.6 is 19.4 Å². The summed E-state index contributed by atoms with van der Waals surface area (Å²) in [5, 5.41) is 11.3. The number of β-amino-alcohol motifs (C(OH)–C–C–N with tert-alkyl or cyclic N) is 1. The van der Waals surface area contributed by atoms with Crippen molar-refractivity contribution in [2.24, 2.45) is 0 Å². The number of likely N-dealkylation sites (tertiary alicyclic amines) is 1. The molecule has 3 N–H and O–H groups in total. The molecule has 0 unspecified atom stereocenters. The van der Waals surface area contributed by atoms with Crippen molar-refractivity contribution < 1.29 is 33.1 Å². The van der Waals surface area contributed by atoms with Gasteiger partial charge in [-0.05, 0) is 32.1 Å². The van der Waals surface area contributed by atoms with E-state index in [1.807, 2.05) is 11.9 Å². The van der Waals surface area contributed by atoms with Crippen LogP contribution in [0.1, 0.15) is 17.9 Å². The molecular formula is C22H23ClNO8P. The lowest BCUT2D eigenvalue weighted by molar-refractivity contribution is 0.0632. The summed E-state index contributed by atoms with van der Waals surface area (Å²) >= 11 is 6.31. The Labute approximate surface area is 194 Å². The minimum absolute atomic E-state index is 0.0221. The lowest BCUT2D eigenvalue weighted by atomic mass is 9.85. The number of piperidine rings is 1. The van der Waals surface area contributed by atoms with Gasteiger partial charge >= 0.3 is 7.82 Å². The predicted octanol–water partition coefficient (Wildman–Crippen LogP) is 3.37. The molecular weight excluding hydrogens is 473 g/mol. The molecule has 1 aromatic heterocycles. The molecule has 0 aliphatic carbocycles. The average molecular weight is 496 g/mol. The van der Waals surface area contributed by atoms with Gasteiger partial charge in [-0.25, -0.2) is 4.57 Å². The minimum Gasteiger partial charge on any atom is -0.496 e. The van der Waals surface area contributed by atoms with Gasteiger partial charge in [0.2, 0.25) is 0 Å². The monoisotopic (exact) mass is 495 g/mol. The van der Waals surface area contributed by atoms with Crippen molar-refractivity contribution in [1.29, 1.82) is 0 Å². The molecule has 0 spiro atoms. The van der Waals surface area contributed by atoms with Crippen LogP contribution in [0.3, 0.4) is 0 Å². The number of ether oxygens (including phenoxy) is 1. The summed E-state index contributed by atoms with van der Waals surface area (Å²) in [5.74, 6) is -0.641. The average Bonchev–Trinajstić information content (AvgIpc) is 2.73. The van der Waals surface area contributed by atoms with E-state index in [1.165, 1.54) is 19.2 Å². The Kier molecular flexibility index (Phi) is 6.55. The van der Waals surface area contributed by atoms with Gasteiger partial charge in [0.1, 0.15) is 28.2 Å². The lowest BCUT2D eigenvalue weighted by Crippen LogP contribution is -2.40. The largest absolute Gasteiger partial charge is 0.524 e. The molecule has 9 nitrogen and oxygen atoms in total. The van der Waals surface area contributed by atoms with Crippen LogP contribution in [-0.4, -0.2) is 53.1 Å². The molecule has 0 radical (unpaired) electrons. The van der Waals surface area contributed by atoms with E-state index in [1.54, 1.807) is 24.3 Å². The van der Waals surface area contributed by atoms with Gasteiger partial charge in [-0.2, -0.15) is 0 Å². The summed E-state index contributed by atoms with van der Waals surface area (Å²) in [6.07, 6.45) is -0.454. The van der Waals surface area contributed by atoms with Crippen molar-refractivity contribution in [2.45, 2.75) is 18.4 Å². The second kappa shape index (κ2) is 9.10. The number of rotatable bonds is 5. The van der Waals surface area contributed by atoms with Crippen molar-refractivity contribution in [3.8, 4) is 22.8 Å². The summed E-state index contributed by atoms with van der Waals surface area (Å²) in [7, 11) is -1.81. The summed E-state index contributed by atoms with van der Waals surface area (Å²) in [6.45, 7) is 0.932. The molecule has 4 rings (SSSR count). The van der Waals surface area contributed by atoms with Gasteiger partial charge in [-0.3, -0.25) is 14.6 Å². The van der Waals surface area contributed by atoms with Crippen LogP contribution in [0.15, 0.2) is 45.6 Å². The molecule has 1 fully saturated rings. The smallest absolute Gasteiger partial charge is 0.496 e. The molecule has 0 saturated carbocycles. The van der Waals surface area contributed by atoms with Crippen molar-refractivity contribution in [2.75, 3.05) is 27.2 Å². The summed E-state index contributed by atoms with van der Waals surface area (Å²) in [6, 6.07) is 9.33. The number of fused-ring (bicyclic) bond motifs is 1. The number of nitrogens with zero attached hydrogens (tertiary/aromatic N) is 1. The number of hydrogen-bond acceptors (Lipinski definition) is 7. The molecule has 3 aromatic rings. The Morgan fingerprint density at radius 2 is 1.94 bits per heavy atom. The van der Waals surface area contributed by atoms with Crippen molar-refractivity contribution >= 4 is 30.4 Å². The highest BCUT2D eigenvalue weighted by atomic mass is 35.5. The molecule has 2 aromatic carbocycles. The second-order valence-corrected chi connectivity index (χ2v) is 9.53. The first-order chi connectivity index (χ1) is 15.6. The highest BCUT2D eigenvalue weighted by Crippen LogP contribution is 2.48. The molecule has 0 amide bonds. The predicted molar refractivity (Wildman–Crippen MR) is 123 cm³/mol. The third-order valence-corrected chi connectivity index (χ3v) is 6.46. The zero-order valence-corrected chi connectivity index (χ0v) is 19.5. The first-order valence-corrected chi connectivity index (χ1v) is 12.0. The van der Waals surface area contributed by atoms with E-state index in [-0.39, 0.29) is 33.8 Å². The zero-order chi connectivity index (χ0) is 23.9. The first kappa shape index (κ1) is 23.8. The van der Waals surface area contributed by atoms with E-state index in [9.17, 15) is 24.3 Å².